The van der Waals surface area contributed by atoms with Crippen molar-refractivity contribution >= 4 is 34.8 Å². The van der Waals surface area contributed by atoms with Crippen molar-refractivity contribution in [2.45, 2.75) is 26.3 Å². The molecule has 100 valence electrons. The molecule has 6 heteroatoms. The Hall–Kier alpha value is -1.75. The highest BCUT2D eigenvalue weighted by Gasteiger charge is 2.43. The molecule has 0 spiro atoms. The molecule has 19 heavy (non-hydrogen) atoms. The van der Waals surface area contributed by atoms with Gasteiger partial charge >= 0.3 is 0 Å². The first-order valence-electron chi connectivity index (χ1n) is 5.78. The lowest BCUT2D eigenvalue weighted by atomic mass is 10.1. The van der Waals surface area contributed by atoms with Crippen LogP contribution in [0.3, 0.4) is 0 Å². The fraction of sp³-hybridized carbons (Fsp3) is 0.308. The summed E-state index contributed by atoms with van der Waals surface area (Å²) in [4.78, 5) is 36.4. The number of Topliss-reactive ketones (excluding diaryl/α,β-unsaturated/α-hetero) is 2. The zero-order chi connectivity index (χ0) is 14.3. The first-order chi connectivity index (χ1) is 8.90. The van der Waals surface area contributed by atoms with Crippen molar-refractivity contribution in [3.8, 4) is 0 Å². The highest BCUT2D eigenvalue weighted by molar-refractivity contribution is 6.55. The Labute approximate surface area is 114 Å². The molecule has 1 unspecified atom stereocenters. The van der Waals surface area contributed by atoms with Gasteiger partial charge in [-0.15, -0.1) is 0 Å². The van der Waals surface area contributed by atoms with Crippen LogP contribution < -0.4 is 4.90 Å². The fourth-order valence-electron chi connectivity index (χ4n) is 2.12. The molecule has 0 bridgehead atoms. The Morgan fingerprint density at radius 1 is 1.42 bits per heavy atom. The molecule has 1 heterocycles. The van der Waals surface area contributed by atoms with Gasteiger partial charge in [-0.1, -0.05) is 18.5 Å². The van der Waals surface area contributed by atoms with Gasteiger partial charge in [-0.25, -0.2) is 4.39 Å². The third-order valence-electron chi connectivity index (χ3n) is 3.16. The monoisotopic (exact) mass is 283 g/mol. The normalized spacial score (nSPS) is 15.7. The van der Waals surface area contributed by atoms with E-state index in [4.69, 9.17) is 11.6 Å². The van der Waals surface area contributed by atoms with Gasteiger partial charge in [0.25, 0.3) is 11.7 Å². The van der Waals surface area contributed by atoms with Crippen molar-refractivity contribution < 1.29 is 18.8 Å². The topological polar surface area (TPSA) is 54.5 Å². The molecule has 0 radical (unpaired) electrons. The number of nitrogens with zero attached hydrogens (tertiary/aromatic N) is 1. The third-order valence-corrected chi connectivity index (χ3v) is 3.48. The lowest BCUT2D eigenvalue weighted by Gasteiger charge is -2.23. The molecule has 1 aromatic carbocycles. The Kier molecular flexibility index (Phi) is 3.41. The summed E-state index contributed by atoms with van der Waals surface area (Å²) in [6, 6.07) is 1.40. The Morgan fingerprint density at radius 2 is 2.05 bits per heavy atom. The number of hydrogen-bond acceptors (Lipinski definition) is 3. The maximum Gasteiger partial charge on any atom is 0.300 e. The van der Waals surface area contributed by atoms with Gasteiger partial charge in [-0.2, -0.15) is 0 Å². The molecule has 1 amide bonds. The number of carbonyl (C=O) groups excluding carboxylic acids is 3. The second kappa shape index (κ2) is 4.74. The van der Waals surface area contributed by atoms with E-state index in [0.717, 1.165) is 11.0 Å². The zero-order valence-electron chi connectivity index (χ0n) is 10.4. The summed E-state index contributed by atoms with van der Waals surface area (Å²) in [5.74, 6) is -2.80. The summed E-state index contributed by atoms with van der Waals surface area (Å²) in [5, 5.41) is 0.00778. The maximum atomic E-state index is 13.9. The molecule has 2 rings (SSSR count). The summed E-state index contributed by atoms with van der Waals surface area (Å²) in [5.41, 5.74) is -0.362. The van der Waals surface area contributed by atoms with Crippen LogP contribution in [0, 0.1) is 5.82 Å². The highest BCUT2D eigenvalue weighted by Crippen LogP contribution is 2.37. The van der Waals surface area contributed by atoms with E-state index in [1.807, 2.05) is 0 Å². The minimum atomic E-state index is -0.920. The van der Waals surface area contributed by atoms with E-state index in [2.05, 4.69) is 0 Å². The fourth-order valence-corrected chi connectivity index (χ4v) is 2.36. The first kappa shape index (κ1) is 13.7. The number of benzene rings is 1. The van der Waals surface area contributed by atoms with Crippen molar-refractivity contribution in [3.05, 3.63) is 28.5 Å². The standard InChI is InChI=1S/C13H11ClFNO3/c1-3-9(17)6(2)16-11-8(15)5-4-7(14)10(11)12(18)13(16)19/h4-6H,3H2,1-2H3. The predicted octanol–water partition coefficient (Wildman–Crippen LogP) is 2.38. The largest absolute Gasteiger partial charge is 0.300 e. The molecule has 0 fully saturated rings. The molecule has 0 aliphatic carbocycles. The number of amides is 1. The van der Waals surface area contributed by atoms with Gasteiger partial charge in [0.05, 0.1) is 22.3 Å². The molecular weight excluding hydrogens is 273 g/mol. The predicted molar refractivity (Wildman–Crippen MR) is 68.0 cm³/mol. The van der Waals surface area contributed by atoms with Gasteiger partial charge in [-0.3, -0.25) is 19.3 Å². The average molecular weight is 284 g/mol. The van der Waals surface area contributed by atoms with E-state index < -0.39 is 23.5 Å². The summed E-state index contributed by atoms with van der Waals surface area (Å²) in [6.45, 7) is 3.10. The van der Waals surface area contributed by atoms with Gasteiger partial charge in [0.2, 0.25) is 0 Å². The quantitative estimate of drug-likeness (QED) is 0.800. The van der Waals surface area contributed by atoms with Crippen LogP contribution in [0.15, 0.2) is 12.1 Å². The van der Waals surface area contributed by atoms with Crippen LogP contribution in [-0.4, -0.2) is 23.5 Å². The molecule has 4 nitrogen and oxygen atoms in total. The summed E-state index contributed by atoms with van der Waals surface area (Å²) in [6.07, 6.45) is 0.191. The van der Waals surface area contributed by atoms with Crippen molar-refractivity contribution in [3.63, 3.8) is 0 Å². The van der Waals surface area contributed by atoms with Crippen molar-refractivity contribution in [1.29, 1.82) is 0 Å². The number of anilines is 1. The summed E-state index contributed by atoms with van der Waals surface area (Å²) >= 11 is 5.83. The lowest BCUT2D eigenvalue weighted by molar-refractivity contribution is -0.122. The van der Waals surface area contributed by atoms with E-state index in [1.54, 1.807) is 6.92 Å². The van der Waals surface area contributed by atoms with Gasteiger partial charge in [-0.05, 0) is 19.1 Å². The Morgan fingerprint density at radius 3 is 2.63 bits per heavy atom. The summed E-state index contributed by atoms with van der Waals surface area (Å²) < 4.78 is 13.9. The average Bonchev–Trinajstić information content (AvgIpc) is 2.66. The Balaban J connectivity index is 2.62. The van der Waals surface area contributed by atoms with Crippen LogP contribution in [-0.2, 0) is 9.59 Å². The van der Waals surface area contributed by atoms with E-state index in [9.17, 15) is 18.8 Å². The molecule has 0 N–H and O–H groups in total. The van der Waals surface area contributed by atoms with Gasteiger partial charge in [0, 0.05) is 6.42 Å². The number of ketones is 2. The van der Waals surface area contributed by atoms with Crippen LogP contribution in [0.2, 0.25) is 5.02 Å². The van der Waals surface area contributed by atoms with Crippen LogP contribution >= 0.6 is 11.6 Å². The number of carbonyl (C=O) groups is 3. The molecule has 1 aromatic rings. The third kappa shape index (κ3) is 1.94. The summed E-state index contributed by atoms with van der Waals surface area (Å²) in [7, 11) is 0. The molecule has 1 aliphatic heterocycles. The van der Waals surface area contributed by atoms with E-state index >= 15 is 0 Å². The number of fused-ring (bicyclic) bond motifs is 1. The molecule has 0 saturated heterocycles. The maximum absolute atomic E-state index is 13.9. The molecule has 0 saturated carbocycles. The van der Waals surface area contributed by atoms with Crippen LogP contribution in [0.4, 0.5) is 10.1 Å². The zero-order valence-corrected chi connectivity index (χ0v) is 11.1. The number of halogens is 2. The van der Waals surface area contributed by atoms with E-state index in [0.29, 0.717) is 0 Å². The second-order valence-corrected chi connectivity index (χ2v) is 4.66. The van der Waals surface area contributed by atoms with Gasteiger partial charge in [0.15, 0.2) is 5.78 Å². The van der Waals surface area contributed by atoms with Crippen molar-refractivity contribution in [2.24, 2.45) is 0 Å². The minimum absolute atomic E-state index is 0.00778. The molecule has 0 aromatic heterocycles. The molecule has 1 aliphatic rings. The van der Waals surface area contributed by atoms with E-state index in [-0.39, 0.29) is 28.5 Å². The molecule has 1 atom stereocenters. The lowest BCUT2D eigenvalue weighted by Crippen LogP contribution is -2.42. The van der Waals surface area contributed by atoms with Gasteiger partial charge < -0.3 is 0 Å². The first-order valence-corrected chi connectivity index (χ1v) is 6.16. The smallest absolute Gasteiger partial charge is 0.297 e. The highest BCUT2D eigenvalue weighted by atomic mass is 35.5. The minimum Gasteiger partial charge on any atom is -0.297 e. The molecular formula is C13H11ClFNO3. The van der Waals surface area contributed by atoms with Crippen LogP contribution in [0.5, 0.6) is 0 Å². The van der Waals surface area contributed by atoms with Crippen molar-refractivity contribution in [2.75, 3.05) is 4.90 Å². The van der Waals surface area contributed by atoms with Crippen LogP contribution in [0.25, 0.3) is 0 Å². The SMILES string of the molecule is CCC(=O)C(C)N1C(=O)C(=O)c2c(Cl)ccc(F)c21. The van der Waals surface area contributed by atoms with E-state index in [1.165, 1.54) is 13.0 Å². The second-order valence-electron chi connectivity index (χ2n) is 4.25. The number of rotatable bonds is 3. The van der Waals surface area contributed by atoms with Crippen LogP contribution in [0.1, 0.15) is 30.6 Å². The Bertz CT molecular complexity index is 600. The number of hydrogen-bond donors (Lipinski definition) is 0. The van der Waals surface area contributed by atoms with Gasteiger partial charge in [0.1, 0.15) is 5.82 Å². The van der Waals surface area contributed by atoms with Crippen molar-refractivity contribution in [1.82, 2.24) is 0 Å².